The first-order valence-corrected chi connectivity index (χ1v) is 9.92. The molecule has 4 N–H and O–H groups in total. The Labute approximate surface area is 168 Å². The monoisotopic (exact) mass is 415 g/mol. The molecular weight excluding hydrogens is 387 g/mol. The molecule has 3 amide bonds. The second-order valence-electron chi connectivity index (χ2n) is 7.28. The molecule has 0 aliphatic heterocycles. The zero-order valence-electron chi connectivity index (χ0n) is 16.2. The summed E-state index contributed by atoms with van der Waals surface area (Å²) >= 11 is 0. The average Bonchev–Trinajstić information content (AvgIpc) is 2.69. The molecule has 6 nitrogen and oxygen atoms in total. The smallest absolute Gasteiger partial charge is 0.387 e. The van der Waals surface area contributed by atoms with E-state index in [4.69, 9.17) is 0 Å². The first-order chi connectivity index (χ1) is 13.8. The van der Waals surface area contributed by atoms with E-state index in [1.165, 1.54) is 18.6 Å². The average molecular weight is 415 g/mol. The van der Waals surface area contributed by atoms with E-state index in [1.54, 1.807) is 0 Å². The van der Waals surface area contributed by atoms with E-state index in [9.17, 15) is 27.9 Å². The van der Waals surface area contributed by atoms with Gasteiger partial charge in [-0.25, -0.2) is 4.79 Å². The van der Waals surface area contributed by atoms with Gasteiger partial charge in [0.05, 0.1) is 11.7 Å². The number of aliphatic hydroxyl groups excluding tert-OH is 1. The molecule has 0 radical (unpaired) electrons. The number of halogens is 3. The third kappa shape index (κ3) is 8.31. The summed E-state index contributed by atoms with van der Waals surface area (Å²) in [5.74, 6) is -0.342. The maximum Gasteiger partial charge on any atom is 0.416 e. The van der Waals surface area contributed by atoms with Crippen molar-refractivity contribution in [3.8, 4) is 0 Å². The molecule has 1 aromatic carbocycles. The van der Waals surface area contributed by atoms with Gasteiger partial charge in [0.1, 0.15) is 0 Å². The number of urea groups is 1. The summed E-state index contributed by atoms with van der Waals surface area (Å²) in [7, 11) is 0. The number of carbonyl (C=O) groups is 2. The van der Waals surface area contributed by atoms with Gasteiger partial charge in [0.2, 0.25) is 5.91 Å². The van der Waals surface area contributed by atoms with E-state index in [1.807, 2.05) is 0 Å². The summed E-state index contributed by atoms with van der Waals surface area (Å²) in [4.78, 5) is 23.6. The first-order valence-electron chi connectivity index (χ1n) is 9.92. The molecule has 9 heteroatoms. The number of amides is 3. The second-order valence-corrected chi connectivity index (χ2v) is 7.28. The molecule has 2 rings (SSSR count). The van der Waals surface area contributed by atoms with Crippen molar-refractivity contribution in [3.63, 3.8) is 0 Å². The van der Waals surface area contributed by atoms with Crippen molar-refractivity contribution in [2.75, 3.05) is 13.1 Å². The van der Waals surface area contributed by atoms with Crippen LogP contribution in [0.5, 0.6) is 0 Å². The summed E-state index contributed by atoms with van der Waals surface area (Å²) in [5, 5.41) is 18.1. The molecule has 0 aromatic heterocycles. The van der Waals surface area contributed by atoms with Crippen molar-refractivity contribution in [2.24, 2.45) is 0 Å². The van der Waals surface area contributed by atoms with Crippen molar-refractivity contribution in [2.45, 2.75) is 63.3 Å². The summed E-state index contributed by atoms with van der Waals surface area (Å²) < 4.78 is 38.2. The maximum absolute atomic E-state index is 12.7. The molecule has 0 spiro atoms. The van der Waals surface area contributed by atoms with Crippen molar-refractivity contribution >= 4 is 11.9 Å². The molecule has 0 heterocycles. The Morgan fingerprint density at radius 3 is 2.55 bits per heavy atom. The zero-order chi connectivity index (χ0) is 21.3. The highest BCUT2D eigenvalue weighted by atomic mass is 19.4. The maximum atomic E-state index is 12.7. The fourth-order valence-electron chi connectivity index (χ4n) is 3.27. The van der Waals surface area contributed by atoms with Crippen LogP contribution in [0.3, 0.4) is 0 Å². The number of hydrogen-bond donors (Lipinski definition) is 4. The van der Waals surface area contributed by atoms with Gasteiger partial charge in [-0.1, -0.05) is 31.4 Å². The van der Waals surface area contributed by atoms with Crippen LogP contribution in [0.15, 0.2) is 24.3 Å². The largest absolute Gasteiger partial charge is 0.416 e. The van der Waals surface area contributed by atoms with E-state index in [-0.39, 0.29) is 36.5 Å². The number of carbonyl (C=O) groups excluding carboxylic acids is 2. The fraction of sp³-hybridized carbons (Fsp3) is 0.600. The van der Waals surface area contributed by atoms with Gasteiger partial charge >= 0.3 is 12.2 Å². The lowest BCUT2D eigenvalue weighted by Crippen LogP contribution is -2.43. The van der Waals surface area contributed by atoms with Gasteiger partial charge in [-0.2, -0.15) is 13.2 Å². The van der Waals surface area contributed by atoms with Crippen LogP contribution >= 0.6 is 0 Å². The van der Waals surface area contributed by atoms with Crippen molar-refractivity contribution in [1.82, 2.24) is 16.0 Å². The number of benzene rings is 1. The number of hydrogen-bond acceptors (Lipinski definition) is 3. The third-order valence-electron chi connectivity index (χ3n) is 4.90. The molecule has 0 saturated heterocycles. The first kappa shape index (κ1) is 23.0. The van der Waals surface area contributed by atoms with Crippen LogP contribution in [0.25, 0.3) is 0 Å². The SMILES string of the molecule is O=C(CCCNC(=O)NC1CCCCC1)NCC(O)c1cccc(C(F)(F)F)c1. The summed E-state index contributed by atoms with van der Waals surface area (Å²) in [6.07, 6.45) is 0.263. The van der Waals surface area contributed by atoms with Crippen molar-refractivity contribution < 1.29 is 27.9 Å². The van der Waals surface area contributed by atoms with Gasteiger partial charge in [0.15, 0.2) is 0 Å². The second kappa shape index (κ2) is 11.0. The summed E-state index contributed by atoms with van der Waals surface area (Å²) in [6.45, 7) is 0.151. The Morgan fingerprint density at radius 1 is 1.14 bits per heavy atom. The number of nitrogens with one attached hydrogen (secondary N) is 3. The lowest BCUT2D eigenvalue weighted by atomic mass is 9.96. The number of rotatable bonds is 8. The van der Waals surface area contributed by atoms with Crippen LogP contribution in [0.1, 0.15) is 62.2 Å². The van der Waals surface area contributed by atoms with Crippen LogP contribution in [-0.2, 0) is 11.0 Å². The number of alkyl halides is 3. The van der Waals surface area contributed by atoms with Gasteiger partial charge < -0.3 is 21.1 Å². The van der Waals surface area contributed by atoms with Crippen LogP contribution in [0, 0.1) is 0 Å². The molecule has 29 heavy (non-hydrogen) atoms. The van der Waals surface area contributed by atoms with E-state index >= 15 is 0 Å². The Morgan fingerprint density at radius 2 is 1.86 bits per heavy atom. The van der Waals surface area contributed by atoms with Crippen LogP contribution < -0.4 is 16.0 Å². The minimum Gasteiger partial charge on any atom is -0.387 e. The summed E-state index contributed by atoms with van der Waals surface area (Å²) in [6, 6.07) is 4.35. The quantitative estimate of drug-likeness (QED) is 0.491. The van der Waals surface area contributed by atoms with Crippen LogP contribution in [-0.4, -0.2) is 36.2 Å². The van der Waals surface area contributed by atoms with Crippen LogP contribution in [0.2, 0.25) is 0 Å². The van der Waals surface area contributed by atoms with Gasteiger partial charge in [0, 0.05) is 25.6 Å². The lowest BCUT2D eigenvalue weighted by molar-refractivity contribution is -0.137. The fourth-order valence-corrected chi connectivity index (χ4v) is 3.27. The highest BCUT2D eigenvalue weighted by molar-refractivity contribution is 5.76. The topological polar surface area (TPSA) is 90.5 Å². The van der Waals surface area contributed by atoms with Gasteiger partial charge in [-0.15, -0.1) is 0 Å². The van der Waals surface area contributed by atoms with E-state index < -0.39 is 17.8 Å². The van der Waals surface area contributed by atoms with E-state index in [0.29, 0.717) is 13.0 Å². The minimum absolute atomic E-state index is 0.0844. The van der Waals surface area contributed by atoms with E-state index in [2.05, 4.69) is 16.0 Å². The highest BCUT2D eigenvalue weighted by Crippen LogP contribution is 2.30. The Hall–Kier alpha value is -2.29. The Kier molecular flexibility index (Phi) is 8.75. The minimum atomic E-state index is -4.49. The predicted octanol–water partition coefficient (Wildman–Crippen LogP) is 3.27. The van der Waals surface area contributed by atoms with E-state index in [0.717, 1.165) is 37.8 Å². The lowest BCUT2D eigenvalue weighted by Gasteiger charge is -2.22. The standard InChI is InChI=1S/C20H28F3N3O3/c21-20(22,23)15-7-4-6-14(12-15)17(27)13-25-18(28)10-5-11-24-19(29)26-16-8-2-1-3-9-16/h4,6-7,12,16-17,27H,1-3,5,8-11,13H2,(H,25,28)(H2,24,26,29). The predicted molar refractivity (Wildman–Crippen MR) is 102 cm³/mol. The highest BCUT2D eigenvalue weighted by Gasteiger charge is 2.30. The van der Waals surface area contributed by atoms with Crippen LogP contribution in [0.4, 0.5) is 18.0 Å². The molecule has 0 bridgehead atoms. The van der Waals surface area contributed by atoms with Crippen molar-refractivity contribution in [1.29, 1.82) is 0 Å². The molecule has 1 unspecified atom stereocenters. The normalized spacial score (nSPS) is 16.1. The van der Waals surface area contributed by atoms with Crippen molar-refractivity contribution in [3.05, 3.63) is 35.4 Å². The third-order valence-corrected chi connectivity index (χ3v) is 4.90. The zero-order valence-corrected chi connectivity index (χ0v) is 16.2. The van der Waals surface area contributed by atoms with Gasteiger partial charge in [-0.3, -0.25) is 4.79 Å². The molecule has 1 aliphatic rings. The Bertz CT molecular complexity index is 676. The summed E-state index contributed by atoms with van der Waals surface area (Å²) in [5.41, 5.74) is -0.765. The van der Waals surface area contributed by atoms with Gasteiger partial charge in [0.25, 0.3) is 0 Å². The molecule has 1 aliphatic carbocycles. The van der Waals surface area contributed by atoms with Gasteiger partial charge in [-0.05, 0) is 37.0 Å². The molecular formula is C20H28F3N3O3. The molecule has 1 aromatic rings. The molecule has 1 saturated carbocycles. The molecule has 1 atom stereocenters. The molecule has 1 fully saturated rings. The molecule has 162 valence electrons. The number of aliphatic hydroxyl groups is 1. The Balaban J connectivity index is 1.62.